The summed E-state index contributed by atoms with van der Waals surface area (Å²) < 4.78 is 5.08. The van der Waals surface area contributed by atoms with Crippen LogP contribution in [0.2, 0.25) is 0 Å². The van der Waals surface area contributed by atoms with Crippen LogP contribution >= 0.6 is 11.3 Å². The molecule has 0 radical (unpaired) electrons. The van der Waals surface area contributed by atoms with Crippen molar-refractivity contribution in [2.24, 2.45) is 0 Å². The van der Waals surface area contributed by atoms with Gasteiger partial charge >= 0.3 is 0 Å². The van der Waals surface area contributed by atoms with Gasteiger partial charge in [0.2, 0.25) is 0 Å². The van der Waals surface area contributed by atoms with Crippen molar-refractivity contribution in [3.8, 4) is 0 Å². The fourth-order valence-electron chi connectivity index (χ4n) is 1.89. The molecule has 0 aliphatic heterocycles. The Balaban J connectivity index is 2.06. The van der Waals surface area contributed by atoms with Gasteiger partial charge in [0, 0.05) is 28.4 Å². The highest BCUT2D eigenvalue weighted by Crippen LogP contribution is 2.32. The summed E-state index contributed by atoms with van der Waals surface area (Å²) >= 11 is 1.81. The van der Waals surface area contributed by atoms with Crippen molar-refractivity contribution < 1.29 is 4.42 Å². The highest BCUT2D eigenvalue weighted by Gasteiger charge is 2.22. The lowest BCUT2D eigenvalue weighted by atomic mass is 9.98. The third-order valence-electron chi connectivity index (χ3n) is 3.06. The molecule has 104 valence electrons. The van der Waals surface area contributed by atoms with Gasteiger partial charge in [0.05, 0.1) is 23.2 Å². The predicted molar refractivity (Wildman–Crippen MR) is 79.5 cm³/mol. The average Bonchev–Trinajstić information content (AvgIpc) is 2.93. The molecule has 2 rings (SSSR count). The summed E-state index contributed by atoms with van der Waals surface area (Å²) in [6.45, 7) is 11.7. The van der Waals surface area contributed by atoms with E-state index in [-0.39, 0.29) is 5.41 Å². The zero-order chi connectivity index (χ0) is 14.0. The Hall–Kier alpha value is -1.13. The summed E-state index contributed by atoms with van der Waals surface area (Å²) in [5.74, 6) is 0. The molecular formula is C15H22N2OS. The normalized spacial score (nSPS) is 13.7. The summed E-state index contributed by atoms with van der Waals surface area (Å²) in [6, 6.07) is 2.29. The van der Waals surface area contributed by atoms with Gasteiger partial charge in [0.25, 0.3) is 0 Å². The van der Waals surface area contributed by atoms with Crippen molar-refractivity contribution in [1.29, 1.82) is 0 Å². The maximum absolute atomic E-state index is 5.08. The van der Waals surface area contributed by atoms with Gasteiger partial charge in [-0.2, -0.15) is 0 Å². The minimum atomic E-state index is 0.123. The first-order valence-electron chi connectivity index (χ1n) is 6.60. The molecule has 1 unspecified atom stereocenters. The molecule has 1 N–H and O–H groups in total. The molecule has 4 heteroatoms. The van der Waals surface area contributed by atoms with Gasteiger partial charge in [-0.05, 0) is 19.9 Å². The van der Waals surface area contributed by atoms with Crippen LogP contribution in [-0.2, 0) is 12.0 Å². The van der Waals surface area contributed by atoms with Gasteiger partial charge in [0.1, 0.15) is 0 Å². The van der Waals surface area contributed by atoms with Crippen LogP contribution < -0.4 is 5.32 Å². The van der Waals surface area contributed by atoms with Crippen LogP contribution in [0.5, 0.6) is 0 Å². The molecule has 0 saturated heterocycles. The zero-order valence-electron chi connectivity index (χ0n) is 12.3. The molecule has 1 atom stereocenters. The number of aryl methyl sites for hydroxylation is 1. The topological polar surface area (TPSA) is 38.1 Å². The van der Waals surface area contributed by atoms with E-state index in [2.05, 4.69) is 39.9 Å². The lowest BCUT2D eigenvalue weighted by molar-refractivity contribution is 0.548. The third-order valence-corrected chi connectivity index (χ3v) is 4.83. The smallest absolute Gasteiger partial charge is 0.0985 e. The Morgan fingerprint density at radius 1 is 1.42 bits per heavy atom. The summed E-state index contributed by atoms with van der Waals surface area (Å²) in [5.41, 5.74) is 2.44. The standard InChI is InChI=1S/C15H22N2OS/c1-10(16-8-12-6-7-18-9-12)13-11(2)17-14(19-13)15(3,4)5/h6-7,9-10,16H,8H2,1-5H3. The van der Waals surface area contributed by atoms with Crippen molar-refractivity contribution in [2.45, 2.75) is 52.6 Å². The molecule has 0 bridgehead atoms. The van der Waals surface area contributed by atoms with Gasteiger partial charge in [-0.25, -0.2) is 4.98 Å². The molecule has 2 aromatic rings. The van der Waals surface area contributed by atoms with Crippen molar-refractivity contribution in [3.63, 3.8) is 0 Å². The molecule has 19 heavy (non-hydrogen) atoms. The second-order valence-electron chi connectivity index (χ2n) is 5.95. The van der Waals surface area contributed by atoms with E-state index >= 15 is 0 Å². The van der Waals surface area contributed by atoms with Crippen LogP contribution in [0.1, 0.15) is 54.9 Å². The number of aromatic nitrogens is 1. The maximum atomic E-state index is 5.08. The molecule has 3 nitrogen and oxygen atoms in total. The monoisotopic (exact) mass is 278 g/mol. The fraction of sp³-hybridized carbons (Fsp3) is 0.533. The molecule has 0 spiro atoms. The molecule has 0 aliphatic rings. The minimum Gasteiger partial charge on any atom is -0.472 e. The van der Waals surface area contributed by atoms with Crippen molar-refractivity contribution in [1.82, 2.24) is 10.3 Å². The Kier molecular flexibility index (Phi) is 4.11. The fourth-order valence-corrected chi connectivity index (χ4v) is 3.04. The van der Waals surface area contributed by atoms with Gasteiger partial charge in [-0.3, -0.25) is 0 Å². The molecule has 0 fully saturated rings. The van der Waals surface area contributed by atoms with E-state index in [1.54, 1.807) is 12.5 Å². The Labute approximate surface area is 119 Å². The minimum absolute atomic E-state index is 0.123. The highest BCUT2D eigenvalue weighted by atomic mass is 32.1. The quantitative estimate of drug-likeness (QED) is 0.911. The van der Waals surface area contributed by atoms with Crippen LogP contribution in [-0.4, -0.2) is 4.98 Å². The second kappa shape index (κ2) is 5.47. The zero-order valence-corrected chi connectivity index (χ0v) is 13.1. The number of furan rings is 1. The maximum Gasteiger partial charge on any atom is 0.0985 e. The Bertz CT molecular complexity index is 523. The molecule has 2 heterocycles. The van der Waals surface area contributed by atoms with Crippen molar-refractivity contribution >= 4 is 11.3 Å². The summed E-state index contributed by atoms with van der Waals surface area (Å²) in [7, 11) is 0. The van der Waals surface area contributed by atoms with E-state index in [4.69, 9.17) is 9.40 Å². The van der Waals surface area contributed by atoms with Crippen LogP contribution in [0.3, 0.4) is 0 Å². The van der Waals surface area contributed by atoms with E-state index < -0.39 is 0 Å². The van der Waals surface area contributed by atoms with Gasteiger partial charge in [0.15, 0.2) is 0 Å². The van der Waals surface area contributed by atoms with E-state index in [1.165, 1.54) is 15.4 Å². The van der Waals surface area contributed by atoms with Gasteiger partial charge in [-0.1, -0.05) is 20.8 Å². The van der Waals surface area contributed by atoms with Crippen LogP contribution in [0.15, 0.2) is 23.0 Å². The first kappa shape index (κ1) is 14.3. The second-order valence-corrected chi connectivity index (χ2v) is 6.98. The molecule has 0 amide bonds. The molecule has 2 aromatic heterocycles. The van der Waals surface area contributed by atoms with Gasteiger partial charge < -0.3 is 9.73 Å². The van der Waals surface area contributed by atoms with E-state index in [9.17, 15) is 0 Å². The van der Waals surface area contributed by atoms with Crippen LogP contribution in [0, 0.1) is 6.92 Å². The van der Waals surface area contributed by atoms with Crippen LogP contribution in [0.25, 0.3) is 0 Å². The van der Waals surface area contributed by atoms with Crippen molar-refractivity contribution in [3.05, 3.63) is 39.7 Å². The van der Waals surface area contributed by atoms with E-state index in [0.717, 1.165) is 12.2 Å². The van der Waals surface area contributed by atoms with Crippen molar-refractivity contribution in [2.75, 3.05) is 0 Å². The number of hydrogen-bond donors (Lipinski definition) is 1. The summed E-state index contributed by atoms with van der Waals surface area (Å²) in [4.78, 5) is 6.04. The highest BCUT2D eigenvalue weighted by molar-refractivity contribution is 7.12. The molecule has 0 aliphatic carbocycles. The molecular weight excluding hydrogens is 256 g/mol. The first-order valence-corrected chi connectivity index (χ1v) is 7.42. The average molecular weight is 278 g/mol. The third kappa shape index (κ3) is 3.45. The lowest BCUT2D eigenvalue weighted by Crippen LogP contribution is -2.17. The predicted octanol–water partition coefficient (Wildman–Crippen LogP) is 4.19. The van der Waals surface area contributed by atoms with Gasteiger partial charge in [-0.15, -0.1) is 11.3 Å². The number of nitrogens with one attached hydrogen (secondary N) is 1. The summed E-state index contributed by atoms with van der Waals surface area (Å²) in [5, 5.41) is 4.72. The van der Waals surface area contributed by atoms with Crippen LogP contribution in [0.4, 0.5) is 0 Å². The first-order chi connectivity index (χ1) is 8.88. The lowest BCUT2D eigenvalue weighted by Gasteiger charge is -2.14. The Morgan fingerprint density at radius 2 is 2.16 bits per heavy atom. The van der Waals surface area contributed by atoms with E-state index in [0.29, 0.717) is 6.04 Å². The number of nitrogens with zero attached hydrogens (tertiary/aromatic N) is 1. The number of rotatable bonds is 4. The summed E-state index contributed by atoms with van der Waals surface area (Å²) in [6.07, 6.45) is 3.48. The number of thiazole rings is 1. The largest absolute Gasteiger partial charge is 0.472 e. The number of hydrogen-bond acceptors (Lipinski definition) is 4. The molecule has 0 aromatic carbocycles. The Morgan fingerprint density at radius 3 is 2.68 bits per heavy atom. The SMILES string of the molecule is Cc1nc(C(C)(C)C)sc1C(C)NCc1ccoc1. The molecule has 0 saturated carbocycles. The van der Waals surface area contributed by atoms with E-state index in [1.807, 2.05) is 17.4 Å².